The summed E-state index contributed by atoms with van der Waals surface area (Å²) in [6.45, 7) is 1.39. The first kappa shape index (κ1) is 18.1. The van der Waals surface area contributed by atoms with E-state index in [2.05, 4.69) is 10.3 Å². The number of thiazole rings is 1. The SMILES string of the molecule is O=C(Nc1ccc2c(c1)C(=O)N1CCCC[C@H]1CCO2)c1ccc2ncsc2c1. The molecule has 2 aromatic carbocycles. The van der Waals surface area contributed by atoms with Crippen molar-refractivity contribution >= 4 is 39.1 Å². The topological polar surface area (TPSA) is 71.5 Å². The van der Waals surface area contributed by atoms with E-state index in [9.17, 15) is 9.59 Å². The Labute approximate surface area is 172 Å². The zero-order chi connectivity index (χ0) is 19.8. The first-order valence-corrected chi connectivity index (χ1v) is 10.8. The molecule has 2 aliphatic rings. The number of carbonyl (C=O) groups excluding carboxylic acids is 2. The molecule has 3 aromatic rings. The Morgan fingerprint density at radius 2 is 2.10 bits per heavy atom. The van der Waals surface area contributed by atoms with E-state index in [0.717, 1.165) is 42.4 Å². The highest BCUT2D eigenvalue weighted by molar-refractivity contribution is 7.16. The van der Waals surface area contributed by atoms with E-state index in [1.165, 1.54) is 11.3 Å². The van der Waals surface area contributed by atoms with Gasteiger partial charge in [-0.15, -0.1) is 11.3 Å². The van der Waals surface area contributed by atoms with Gasteiger partial charge in [-0.3, -0.25) is 9.59 Å². The summed E-state index contributed by atoms with van der Waals surface area (Å²) in [6.07, 6.45) is 4.08. The van der Waals surface area contributed by atoms with E-state index >= 15 is 0 Å². The molecule has 1 N–H and O–H groups in total. The first-order chi connectivity index (χ1) is 14.2. The summed E-state index contributed by atoms with van der Waals surface area (Å²) in [6, 6.07) is 11.0. The van der Waals surface area contributed by atoms with Crippen LogP contribution >= 0.6 is 11.3 Å². The van der Waals surface area contributed by atoms with Crippen molar-refractivity contribution in [2.75, 3.05) is 18.5 Å². The lowest BCUT2D eigenvalue weighted by atomic mass is 9.97. The van der Waals surface area contributed by atoms with Gasteiger partial charge in [0.2, 0.25) is 0 Å². The number of piperidine rings is 1. The second-order valence-corrected chi connectivity index (χ2v) is 8.37. The monoisotopic (exact) mass is 407 g/mol. The van der Waals surface area contributed by atoms with Crippen molar-refractivity contribution < 1.29 is 14.3 Å². The van der Waals surface area contributed by atoms with E-state index in [1.54, 1.807) is 29.8 Å². The molecule has 29 heavy (non-hydrogen) atoms. The van der Waals surface area contributed by atoms with Crippen LogP contribution < -0.4 is 10.1 Å². The first-order valence-electron chi connectivity index (χ1n) is 9.91. The van der Waals surface area contributed by atoms with E-state index in [1.807, 2.05) is 17.0 Å². The molecule has 2 amide bonds. The smallest absolute Gasteiger partial charge is 0.257 e. The number of nitrogens with one attached hydrogen (secondary N) is 1. The third-order valence-corrected chi connectivity index (χ3v) is 6.45. The fraction of sp³-hybridized carbons (Fsp3) is 0.318. The maximum absolute atomic E-state index is 13.2. The average Bonchev–Trinajstić information content (AvgIpc) is 3.21. The molecule has 1 atom stereocenters. The molecule has 148 valence electrons. The van der Waals surface area contributed by atoms with E-state index in [4.69, 9.17) is 4.74 Å². The van der Waals surface area contributed by atoms with Crippen molar-refractivity contribution in [2.24, 2.45) is 0 Å². The van der Waals surface area contributed by atoms with Crippen LogP contribution in [0.2, 0.25) is 0 Å². The molecule has 0 bridgehead atoms. The number of fused-ring (bicyclic) bond motifs is 3. The summed E-state index contributed by atoms with van der Waals surface area (Å²) in [4.78, 5) is 32.1. The summed E-state index contributed by atoms with van der Waals surface area (Å²) >= 11 is 1.50. The second-order valence-electron chi connectivity index (χ2n) is 7.49. The molecule has 0 unspecified atom stereocenters. The molecule has 0 saturated carbocycles. The van der Waals surface area contributed by atoms with Crippen molar-refractivity contribution in [3.8, 4) is 5.75 Å². The molecule has 1 fully saturated rings. The highest BCUT2D eigenvalue weighted by atomic mass is 32.1. The number of aromatic nitrogens is 1. The maximum atomic E-state index is 13.2. The third kappa shape index (κ3) is 3.46. The Morgan fingerprint density at radius 1 is 1.17 bits per heavy atom. The quantitative estimate of drug-likeness (QED) is 0.687. The van der Waals surface area contributed by atoms with Gasteiger partial charge in [-0.25, -0.2) is 4.98 Å². The largest absolute Gasteiger partial charge is 0.493 e. The number of carbonyl (C=O) groups is 2. The highest BCUT2D eigenvalue weighted by Gasteiger charge is 2.31. The van der Waals surface area contributed by atoms with Crippen LogP contribution in [0, 0.1) is 0 Å². The van der Waals surface area contributed by atoms with Gasteiger partial charge in [0.25, 0.3) is 11.8 Å². The van der Waals surface area contributed by atoms with Crippen LogP contribution in [-0.4, -0.2) is 40.9 Å². The Morgan fingerprint density at radius 3 is 3.03 bits per heavy atom. The van der Waals surface area contributed by atoms with Gasteiger partial charge in [0, 0.05) is 30.3 Å². The van der Waals surface area contributed by atoms with Crippen LogP contribution in [0.1, 0.15) is 46.4 Å². The van der Waals surface area contributed by atoms with Gasteiger partial charge in [-0.1, -0.05) is 0 Å². The number of nitrogens with zero attached hydrogens (tertiary/aromatic N) is 2. The molecule has 6 nitrogen and oxygen atoms in total. The van der Waals surface area contributed by atoms with Crippen LogP contribution in [0.5, 0.6) is 5.75 Å². The van der Waals surface area contributed by atoms with E-state index < -0.39 is 0 Å². The number of ether oxygens (including phenoxy) is 1. The molecule has 0 spiro atoms. The lowest BCUT2D eigenvalue weighted by Gasteiger charge is -2.37. The van der Waals surface area contributed by atoms with Crippen LogP contribution in [0.25, 0.3) is 10.2 Å². The summed E-state index contributed by atoms with van der Waals surface area (Å²) in [5.41, 5.74) is 4.32. The Kier molecular flexibility index (Phi) is 4.67. The standard InChI is InChI=1S/C22H21N3O3S/c26-21(14-4-6-18-20(11-14)29-13-23-18)24-15-5-7-19-17(12-15)22(27)25-9-2-1-3-16(25)8-10-28-19/h4-7,11-13,16H,1-3,8-10H2,(H,24,26)/t16-/m0/s1. The molecule has 2 aliphatic heterocycles. The van der Waals surface area contributed by atoms with Gasteiger partial charge >= 0.3 is 0 Å². The molecular formula is C22H21N3O3S. The third-order valence-electron chi connectivity index (χ3n) is 5.66. The highest BCUT2D eigenvalue weighted by Crippen LogP contribution is 2.31. The van der Waals surface area contributed by atoms with Gasteiger partial charge in [0.1, 0.15) is 5.75 Å². The summed E-state index contributed by atoms with van der Waals surface area (Å²) in [7, 11) is 0. The zero-order valence-corrected chi connectivity index (χ0v) is 16.7. The Balaban J connectivity index is 1.41. The van der Waals surface area contributed by atoms with Gasteiger partial charge in [-0.05, 0) is 55.7 Å². The van der Waals surface area contributed by atoms with E-state index in [0.29, 0.717) is 29.2 Å². The number of anilines is 1. The molecule has 5 rings (SSSR count). The van der Waals surface area contributed by atoms with Crippen LogP contribution in [0.15, 0.2) is 41.9 Å². The van der Waals surface area contributed by atoms with Crippen molar-refractivity contribution in [1.29, 1.82) is 0 Å². The number of hydrogen-bond acceptors (Lipinski definition) is 5. The van der Waals surface area contributed by atoms with Crippen molar-refractivity contribution in [3.63, 3.8) is 0 Å². The van der Waals surface area contributed by atoms with Crippen molar-refractivity contribution in [3.05, 3.63) is 53.0 Å². The minimum absolute atomic E-state index is 0.00780. The second kappa shape index (κ2) is 7.48. The average molecular weight is 407 g/mol. The predicted octanol–water partition coefficient (Wildman–Crippen LogP) is 4.33. The summed E-state index contributed by atoms with van der Waals surface area (Å²) in [5, 5.41) is 2.91. The van der Waals surface area contributed by atoms with Crippen molar-refractivity contribution in [2.45, 2.75) is 31.7 Å². The van der Waals surface area contributed by atoms with Gasteiger partial charge in [0.05, 0.1) is 27.9 Å². The fourth-order valence-electron chi connectivity index (χ4n) is 4.13. The Hall–Kier alpha value is -2.93. The fourth-order valence-corrected chi connectivity index (χ4v) is 4.84. The molecule has 1 saturated heterocycles. The minimum Gasteiger partial charge on any atom is -0.493 e. The molecule has 1 aromatic heterocycles. The van der Waals surface area contributed by atoms with Crippen LogP contribution in [0.3, 0.4) is 0 Å². The van der Waals surface area contributed by atoms with Crippen LogP contribution in [-0.2, 0) is 0 Å². The molecule has 3 heterocycles. The lowest BCUT2D eigenvalue weighted by molar-refractivity contribution is 0.0548. The number of amides is 2. The predicted molar refractivity (Wildman–Crippen MR) is 113 cm³/mol. The van der Waals surface area contributed by atoms with Gasteiger partial charge in [-0.2, -0.15) is 0 Å². The van der Waals surface area contributed by atoms with Crippen molar-refractivity contribution in [1.82, 2.24) is 9.88 Å². The number of hydrogen-bond donors (Lipinski definition) is 1. The summed E-state index contributed by atoms with van der Waals surface area (Å²) < 4.78 is 6.83. The Bertz CT molecular complexity index is 1090. The molecular weight excluding hydrogens is 386 g/mol. The van der Waals surface area contributed by atoms with E-state index in [-0.39, 0.29) is 17.9 Å². The van der Waals surface area contributed by atoms with Gasteiger partial charge in [0.15, 0.2) is 0 Å². The van der Waals surface area contributed by atoms with Crippen LogP contribution in [0.4, 0.5) is 5.69 Å². The molecule has 0 radical (unpaired) electrons. The normalized spacial score (nSPS) is 19.0. The summed E-state index contributed by atoms with van der Waals surface area (Å²) in [5.74, 6) is 0.366. The maximum Gasteiger partial charge on any atom is 0.257 e. The number of benzene rings is 2. The zero-order valence-electron chi connectivity index (χ0n) is 15.9. The lowest BCUT2D eigenvalue weighted by Crippen LogP contribution is -2.45. The number of rotatable bonds is 2. The molecule has 0 aliphatic carbocycles. The molecule has 7 heteroatoms. The van der Waals surface area contributed by atoms with Gasteiger partial charge < -0.3 is 15.0 Å². The minimum atomic E-state index is -0.213.